The second-order valence-corrected chi connectivity index (χ2v) is 8.07. The lowest BCUT2D eigenvalue weighted by Crippen LogP contribution is -2.39. The van der Waals surface area contributed by atoms with E-state index in [0.29, 0.717) is 12.5 Å². The van der Waals surface area contributed by atoms with Crippen LogP contribution in [0.5, 0.6) is 0 Å². The number of benzene rings is 1. The first-order chi connectivity index (χ1) is 10.1. The standard InChI is InChI=1S/C16H24N2OS2.ClH/c1-11(2)12-3-5-13(6-4-12)14(17)9-18-16(19)15-10-20-7-8-21-15;/h3-6,11,14-15H,7-10,17H2,1-2H3,(H,18,19);1H. The largest absolute Gasteiger partial charge is 0.353 e. The minimum Gasteiger partial charge on any atom is -0.353 e. The van der Waals surface area contributed by atoms with Crippen molar-refractivity contribution in [1.82, 2.24) is 5.32 Å². The summed E-state index contributed by atoms with van der Waals surface area (Å²) in [6.07, 6.45) is 0. The molecule has 0 aliphatic carbocycles. The maximum Gasteiger partial charge on any atom is 0.234 e. The molecule has 0 aromatic heterocycles. The highest BCUT2D eigenvalue weighted by molar-refractivity contribution is 8.07. The number of thioether (sulfide) groups is 2. The predicted molar refractivity (Wildman–Crippen MR) is 101 cm³/mol. The summed E-state index contributed by atoms with van der Waals surface area (Å²) < 4.78 is 0. The van der Waals surface area contributed by atoms with Gasteiger partial charge in [0, 0.05) is 29.8 Å². The first-order valence-electron chi connectivity index (χ1n) is 7.40. The Balaban J connectivity index is 0.00000242. The fourth-order valence-corrected chi connectivity index (χ4v) is 4.79. The first kappa shape index (κ1) is 19.7. The average Bonchev–Trinajstić information content (AvgIpc) is 2.53. The summed E-state index contributed by atoms with van der Waals surface area (Å²) in [5.41, 5.74) is 8.56. The van der Waals surface area contributed by atoms with Gasteiger partial charge < -0.3 is 11.1 Å². The second kappa shape index (κ2) is 9.71. The van der Waals surface area contributed by atoms with Crippen LogP contribution in [0.4, 0.5) is 0 Å². The summed E-state index contributed by atoms with van der Waals surface area (Å²) in [7, 11) is 0. The lowest BCUT2D eigenvalue weighted by molar-refractivity contribution is -0.120. The Hall–Kier alpha value is -0.360. The highest BCUT2D eigenvalue weighted by Crippen LogP contribution is 2.24. The molecule has 1 aliphatic heterocycles. The van der Waals surface area contributed by atoms with Crippen LogP contribution in [-0.2, 0) is 4.79 Å². The van der Waals surface area contributed by atoms with Gasteiger partial charge in [0.05, 0.1) is 5.25 Å². The summed E-state index contributed by atoms with van der Waals surface area (Å²) in [6.45, 7) is 4.85. The van der Waals surface area contributed by atoms with E-state index in [9.17, 15) is 4.79 Å². The minimum atomic E-state index is -0.142. The molecule has 1 aromatic carbocycles. The molecule has 22 heavy (non-hydrogen) atoms. The third kappa shape index (κ3) is 5.69. The molecule has 2 unspecified atom stereocenters. The zero-order valence-corrected chi connectivity index (χ0v) is 15.5. The molecule has 1 amide bonds. The van der Waals surface area contributed by atoms with Gasteiger partial charge >= 0.3 is 0 Å². The Morgan fingerprint density at radius 3 is 2.45 bits per heavy atom. The molecule has 2 atom stereocenters. The van der Waals surface area contributed by atoms with Gasteiger partial charge in [-0.05, 0) is 17.0 Å². The molecule has 2 rings (SSSR count). The summed E-state index contributed by atoms with van der Waals surface area (Å²) in [5, 5.41) is 3.07. The van der Waals surface area contributed by atoms with E-state index in [-0.39, 0.29) is 29.6 Å². The van der Waals surface area contributed by atoms with Crippen molar-refractivity contribution in [1.29, 1.82) is 0 Å². The van der Waals surface area contributed by atoms with E-state index in [1.54, 1.807) is 11.8 Å². The van der Waals surface area contributed by atoms with Crippen LogP contribution in [0.25, 0.3) is 0 Å². The Kier molecular flexibility index (Phi) is 8.69. The number of carbonyl (C=O) groups excluding carboxylic acids is 1. The molecular weight excluding hydrogens is 336 g/mol. The Bertz CT molecular complexity index is 462. The number of rotatable bonds is 5. The summed E-state index contributed by atoms with van der Waals surface area (Å²) in [6, 6.07) is 8.23. The normalized spacial score (nSPS) is 19.4. The van der Waals surface area contributed by atoms with Crippen molar-refractivity contribution in [2.45, 2.75) is 31.1 Å². The highest BCUT2D eigenvalue weighted by atomic mass is 35.5. The van der Waals surface area contributed by atoms with Crippen LogP contribution in [0.3, 0.4) is 0 Å². The molecule has 0 saturated carbocycles. The molecule has 3 nitrogen and oxygen atoms in total. The number of nitrogens with one attached hydrogen (secondary N) is 1. The predicted octanol–water partition coefficient (Wildman–Crippen LogP) is 3.20. The number of hydrogen-bond donors (Lipinski definition) is 2. The molecule has 1 fully saturated rings. The maximum atomic E-state index is 12.1. The number of carbonyl (C=O) groups is 1. The summed E-state index contributed by atoms with van der Waals surface area (Å²) >= 11 is 3.60. The molecule has 1 saturated heterocycles. The molecule has 0 spiro atoms. The zero-order chi connectivity index (χ0) is 15.2. The topological polar surface area (TPSA) is 55.1 Å². The molecular formula is C16H25ClN2OS2. The Morgan fingerprint density at radius 2 is 1.91 bits per heavy atom. The quantitative estimate of drug-likeness (QED) is 0.846. The van der Waals surface area contributed by atoms with E-state index in [0.717, 1.165) is 22.8 Å². The number of amides is 1. The van der Waals surface area contributed by atoms with Gasteiger partial charge in [-0.3, -0.25) is 4.79 Å². The van der Waals surface area contributed by atoms with E-state index in [1.807, 2.05) is 11.8 Å². The number of nitrogens with two attached hydrogens (primary N) is 1. The fourth-order valence-electron chi connectivity index (χ4n) is 2.21. The van der Waals surface area contributed by atoms with Crippen LogP contribution in [0.1, 0.15) is 36.9 Å². The van der Waals surface area contributed by atoms with Crippen LogP contribution in [0.2, 0.25) is 0 Å². The smallest absolute Gasteiger partial charge is 0.234 e. The van der Waals surface area contributed by atoms with Gasteiger partial charge in [-0.2, -0.15) is 11.8 Å². The van der Waals surface area contributed by atoms with E-state index in [4.69, 9.17) is 5.73 Å². The zero-order valence-electron chi connectivity index (χ0n) is 13.1. The van der Waals surface area contributed by atoms with Crippen molar-refractivity contribution in [3.63, 3.8) is 0 Å². The SMILES string of the molecule is CC(C)c1ccc(C(N)CNC(=O)C2CSCCS2)cc1.Cl. The van der Waals surface area contributed by atoms with Gasteiger partial charge in [0.15, 0.2) is 0 Å². The van der Waals surface area contributed by atoms with Crippen LogP contribution < -0.4 is 11.1 Å². The maximum absolute atomic E-state index is 12.1. The lowest BCUT2D eigenvalue weighted by Gasteiger charge is -2.21. The third-order valence-corrected chi connectivity index (χ3v) is 6.39. The van der Waals surface area contributed by atoms with Crippen LogP contribution in [0, 0.1) is 0 Å². The summed E-state index contributed by atoms with van der Waals surface area (Å²) in [5.74, 6) is 3.77. The van der Waals surface area contributed by atoms with Gasteiger partial charge in [-0.15, -0.1) is 24.2 Å². The monoisotopic (exact) mass is 360 g/mol. The van der Waals surface area contributed by atoms with Crippen molar-refractivity contribution < 1.29 is 4.79 Å². The second-order valence-electron chi connectivity index (χ2n) is 5.61. The molecule has 1 aromatic rings. The molecule has 0 bridgehead atoms. The molecule has 1 heterocycles. The number of halogens is 1. The van der Waals surface area contributed by atoms with Gasteiger partial charge in [-0.1, -0.05) is 38.1 Å². The van der Waals surface area contributed by atoms with Crippen LogP contribution in [-0.4, -0.2) is 35.0 Å². The van der Waals surface area contributed by atoms with E-state index < -0.39 is 0 Å². The van der Waals surface area contributed by atoms with E-state index in [2.05, 4.69) is 43.4 Å². The fraction of sp³-hybridized carbons (Fsp3) is 0.562. The molecule has 124 valence electrons. The van der Waals surface area contributed by atoms with Gasteiger partial charge in [0.2, 0.25) is 5.91 Å². The molecule has 0 radical (unpaired) electrons. The van der Waals surface area contributed by atoms with E-state index >= 15 is 0 Å². The van der Waals surface area contributed by atoms with Gasteiger partial charge in [-0.25, -0.2) is 0 Å². The van der Waals surface area contributed by atoms with Gasteiger partial charge in [0.1, 0.15) is 0 Å². The van der Waals surface area contributed by atoms with Crippen molar-refractivity contribution in [3.8, 4) is 0 Å². The van der Waals surface area contributed by atoms with Crippen molar-refractivity contribution in [2.75, 3.05) is 23.8 Å². The Morgan fingerprint density at radius 1 is 1.27 bits per heavy atom. The van der Waals surface area contributed by atoms with Crippen molar-refractivity contribution in [3.05, 3.63) is 35.4 Å². The molecule has 6 heteroatoms. The van der Waals surface area contributed by atoms with Crippen molar-refractivity contribution in [2.24, 2.45) is 5.73 Å². The first-order valence-corrected chi connectivity index (χ1v) is 9.60. The van der Waals surface area contributed by atoms with Crippen molar-refractivity contribution >= 4 is 41.8 Å². The molecule has 3 N–H and O–H groups in total. The lowest BCUT2D eigenvalue weighted by atomic mass is 9.99. The molecule has 1 aliphatic rings. The van der Waals surface area contributed by atoms with Crippen LogP contribution in [0.15, 0.2) is 24.3 Å². The third-order valence-electron chi connectivity index (χ3n) is 3.64. The van der Waals surface area contributed by atoms with E-state index in [1.165, 1.54) is 5.56 Å². The van der Waals surface area contributed by atoms with Crippen LogP contribution >= 0.6 is 35.9 Å². The Labute approximate surface area is 148 Å². The minimum absolute atomic E-state index is 0. The number of hydrogen-bond acceptors (Lipinski definition) is 4. The highest BCUT2D eigenvalue weighted by Gasteiger charge is 2.22. The average molecular weight is 361 g/mol. The van der Waals surface area contributed by atoms with Gasteiger partial charge in [0.25, 0.3) is 0 Å². The summed E-state index contributed by atoms with van der Waals surface area (Å²) in [4.78, 5) is 12.1.